The third kappa shape index (κ3) is 19.2. The van der Waals surface area contributed by atoms with Gasteiger partial charge in [-0.1, -0.05) is 97.7 Å². The largest absolute Gasteiger partial charge is 0.417 e. The predicted molar refractivity (Wildman–Crippen MR) is 353 cm³/mol. The molecule has 3 heterocycles. The summed E-state index contributed by atoms with van der Waals surface area (Å²) in [6.07, 6.45) is 1.58. The van der Waals surface area contributed by atoms with Crippen LogP contribution in [0.4, 0.5) is 13.2 Å². The number of likely N-dealkylation sites (N-methyl/N-ethyl adjacent to an activating group) is 7. The molecule has 24 nitrogen and oxygen atoms in total. The number of alkyl halides is 3. The Hall–Kier alpha value is -7.06. The number of amides is 12. The van der Waals surface area contributed by atoms with Crippen LogP contribution < -0.4 is 16.0 Å². The minimum atomic E-state index is -4.76. The summed E-state index contributed by atoms with van der Waals surface area (Å²) in [5.41, 5.74) is -2.36. The first-order chi connectivity index (χ1) is 45.0. The van der Waals surface area contributed by atoms with Gasteiger partial charge >= 0.3 is 6.18 Å². The molecule has 1 aromatic rings. The molecule has 8 atom stereocenters. The van der Waals surface area contributed by atoms with Gasteiger partial charge in [0.05, 0.1) is 36.6 Å². The average Bonchev–Trinajstić information content (AvgIpc) is 1.37. The molecule has 96 heavy (non-hydrogen) atoms. The van der Waals surface area contributed by atoms with E-state index in [0.717, 1.165) is 52.5 Å². The highest BCUT2D eigenvalue weighted by Crippen LogP contribution is 2.37. The fraction of sp³-hybridized carbons (Fsp3) is 0.735. The number of fused-ring (bicyclic) bond motifs is 1. The third-order valence-corrected chi connectivity index (χ3v) is 20.7. The Morgan fingerprint density at radius 2 is 1.26 bits per heavy atom. The van der Waals surface area contributed by atoms with Gasteiger partial charge in [0.2, 0.25) is 70.9 Å². The van der Waals surface area contributed by atoms with Gasteiger partial charge in [0.1, 0.15) is 47.8 Å². The van der Waals surface area contributed by atoms with Crippen molar-refractivity contribution in [2.24, 2.45) is 23.7 Å². The molecule has 2 aliphatic carbocycles. The first kappa shape index (κ1) is 77.9. The molecule has 6 rings (SSSR count). The van der Waals surface area contributed by atoms with Crippen LogP contribution in [0.25, 0.3) is 0 Å². The van der Waals surface area contributed by atoms with Gasteiger partial charge < -0.3 is 60.0 Å². The van der Waals surface area contributed by atoms with Gasteiger partial charge in [0.25, 0.3) is 0 Å². The predicted octanol–water partition coefficient (Wildman–Crippen LogP) is 4.72. The summed E-state index contributed by atoms with van der Waals surface area (Å²) in [5.74, 6) is -9.14. The van der Waals surface area contributed by atoms with E-state index in [1.54, 1.807) is 25.7 Å². The number of nitrogens with zero attached hydrogens (tertiary/aromatic N) is 9. The van der Waals surface area contributed by atoms with Crippen LogP contribution in [0.15, 0.2) is 18.2 Å². The molecule has 0 radical (unpaired) electrons. The molecule has 5 fully saturated rings. The Labute approximate surface area is 568 Å². The molecule has 3 N–H and O–H groups in total. The van der Waals surface area contributed by atoms with Crippen LogP contribution >= 0.6 is 11.6 Å². The summed E-state index contributed by atoms with van der Waals surface area (Å²) in [7, 11) is 9.80. The van der Waals surface area contributed by atoms with Crippen LogP contribution in [0.5, 0.6) is 0 Å². The minimum Gasteiger partial charge on any atom is -0.343 e. The normalized spacial score (nSPS) is 26.2. The summed E-state index contributed by atoms with van der Waals surface area (Å²) in [5, 5.41) is 8.05. The number of halogens is 4. The van der Waals surface area contributed by atoms with Gasteiger partial charge in [0, 0.05) is 69.0 Å². The number of benzene rings is 1. The van der Waals surface area contributed by atoms with E-state index in [1.807, 2.05) is 20.8 Å². The van der Waals surface area contributed by atoms with Gasteiger partial charge in [-0.25, -0.2) is 0 Å². The third-order valence-electron chi connectivity index (χ3n) is 20.4. The Morgan fingerprint density at radius 3 is 1.83 bits per heavy atom. The van der Waals surface area contributed by atoms with Crippen molar-refractivity contribution in [3.63, 3.8) is 0 Å². The number of carbonyl (C=O) groups excluding carboxylic acids is 12. The molecule has 3 aliphatic heterocycles. The van der Waals surface area contributed by atoms with E-state index in [0.29, 0.717) is 57.2 Å². The zero-order chi connectivity index (χ0) is 71.4. The molecule has 536 valence electrons. The Balaban J connectivity index is 1.41. The lowest BCUT2D eigenvalue weighted by molar-refractivity contribution is -0.156. The summed E-state index contributed by atoms with van der Waals surface area (Å²) >= 11 is 6.12. The second kappa shape index (κ2) is 33.9. The van der Waals surface area contributed by atoms with Crippen LogP contribution in [0, 0.1) is 23.7 Å². The SMILES string of the molecule is CC[C@H](C)[C@@H]1NC(=O)[C@H](CC(C)C)N(C)C(=O)C[C@@H](C(=O)N2CCCCC2)N(C)C(=O)[C@H](C(C)C)N(C)C(=O)C2(CCCC2)NC(=O)[C@@H]2CCCN2C(=O)[C@H](CCc2ccc(C(F)(F)F)c(Cl)c2)NC(=O)CN(C)C(=O)[C@H](CC2CCC2)N(C)C(=O)CN(C)C(=O)CN(C)C1=O. The van der Waals surface area contributed by atoms with Gasteiger partial charge in [-0.2, -0.15) is 13.2 Å². The molecule has 0 bridgehead atoms. The number of likely N-dealkylation sites (tertiary alicyclic amines) is 1. The van der Waals surface area contributed by atoms with Crippen LogP contribution in [0.2, 0.25) is 5.02 Å². The van der Waals surface area contributed by atoms with E-state index in [9.17, 15) is 56.3 Å². The van der Waals surface area contributed by atoms with Crippen molar-refractivity contribution in [1.29, 1.82) is 0 Å². The average molecular weight is 1370 g/mol. The number of hydrogen-bond acceptors (Lipinski definition) is 12. The van der Waals surface area contributed by atoms with E-state index in [2.05, 4.69) is 16.0 Å². The molecule has 1 spiro atoms. The van der Waals surface area contributed by atoms with Crippen molar-refractivity contribution in [3.05, 3.63) is 34.3 Å². The fourth-order valence-electron chi connectivity index (χ4n) is 13.9. The Kier molecular flexibility index (Phi) is 27.6. The summed E-state index contributed by atoms with van der Waals surface area (Å²) in [6.45, 7) is 9.83. The highest BCUT2D eigenvalue weighted by Gasteiger charge is 2.51. The van der Waals surface area contributed by atoms with Gasteiger partial charge in [-0.15, -0.1) is 0 Å². The van der Waals surface area contributed by atoms with Gasteiger partial charge in [0.15, 0.2) is 0 Å². The molecule has 0 unspecified atom stereocenters. The highest BCUT2D eigenvalue weighted by atomic mass is 35.5. The lowest BCUT2D eigenvalue weighted by atomic mass is 9.80. The molecule has 0 aromatic heterocycles. The van der Waals surface area contributed by atoms with Gasteiger partial charge in [-0.3, -0.25) is 57.5 Å². The lowest BCUT2D eigenvalue weighted by Gasteiger charge is -2.42. The highest BCUT2D eigenvalue weighted by molar-refractivity contribution is 6.31. The maximum atomic E-state index is 15.4. The van der Waals surface area contributed by atoms with Crippen molar-refractivity contribution in [1.82, 2.24) is 60.0 Å². The molecule has 1 aromatic carbocycles. The minimum absolute atomic E-state index is 0.0314. The van der Waals surface area contributed by atoms with Crippen molar-refractivity contribution >= 4 is 82.5 Å². The van der Waals surface area contributed by atoms with Crippen molar-refractivity contribution in [2.45, 2.75) is 211 Å². The van der Waals surface area contributed by atoms with E-state index in [4.69, 9.17) is 11.6 Å². The monoisotopic (exact) mass is 1370 g/mol. The summed E-state index contributed by atoms with van der Waals surface area (Å²) in [4.78, 5) is 188. The first-order valence-electron chi connectivity index (χ1n) is 34.2. The maximum Gasteiger partial charge on any atom is 0.417 e. The zero-order valence-electron chi connectivity index (χ0n) is 58.5. The second-order valence-corrected chi connectivity index (χ2v) is 28.7. The van der Waals surface area contributed by atoms with Crippen LogP contribution in [-0.2, 0) is 70.1 Å². The number of rotatable bonds is 11. The molecule has 2 saturated carbocycles. The van der Waals surface area contributed by atoms with E-state index < -0.39 is 173 Å². The quantitative estimate of drug-likeness (QED) is 0.272. The number of piperidine rings is 1. The first-order valence-corrected chi connectivity index (χ1v) is 34.6. The van der Waals surface area contributed by atoms with Crippen molar-refractivity contribution in [2.75, 3.05) is 88.6 Å². The molecule has 28 heteroatoms. The van der Waals surface area contributed by atoms with E-state index in [1.165, 1.54) is 79.9 Å². The summed E-state index contributed by atoms with van der Waals surface area (Å²) in [6, 6.07) is -5.66. The summed E-state index contributed by atoms with van der Waals surface area (Å²) < 4.78 is 41.4. The molecule has 5 aliphatic rings. The maximum absolute atomic E-state index is 15.4. The zero-order valence-corrected chi connectivity index (χ0v) is 59.2. The van der Waals surface area contributed by atoms with Crippen LogP contribution in [0.1, 0.15) is 162 Å². The number of hydrogen-bond donors (Lipinski definition) is 3. The van der Waals surface area contributed by atoms with Crippen molar-refractivity contribution in [3.8, 4) is 0 Å². The Bertz CT molecular complexity index is 3010. The fourth-order valence-corrected chi connectivity index (χ4v) is 14.2. The number of nitrogens with one attached hydrogen (secondary N) is 3. The van der Waals surface area contributed by atoms with Gasteiger partial charge in [-0.05, 0) is 112 Å². The Morgan fingerprint density at radius 1 is 0.646 bits per heavy atom. The molecule has 3 saturated heterocycles. The topological polar surface area (TPSA) is 270 Å². The van der Waals surface area contributed by atoms with Crippen LogP contribution in [0.3, 0.4) is 0 Å². The van der Waals surface area contributed by atoms with E-state index >= 15 is 14.4 Å². The molecule has 12 amide bonds. The second-order valence-electron chi connectivity index (χ2n) is 28.3. The number of aryl methyl sites for hydroxylation is 1. The smallest absolute Gasteiger partial charge is 0.343 e. The standard InChI is InChI=1S/C68H104ClF3N12O12/c1-14-43(6)57-64(94)78(9)39-55(87)76(7)40-56(88)80(11)51(36-44-22-20-23-44)62(92)77(8)38-53(85)73-48(28-26-45-25-27-46(47(69)35-45)68(70,71)72)61(91)84-33-21-24-49(84)60(90)75-67(29-16-17-30-67)66(96)82(13)58(42(4)5)65(95)81(12)52(63(93)83-31-18-15-19-32-83)37-54(86)79(10)50(34-41(2)3)59(89)74-57/h25,27,35,41-44,48-52,57-58H,14-24,26,28-34,36-40H2,1-13H3,(H,73,85)(H,74,89)(H,75,90)/t43-,48-,49-,50-,51-,52-,57-,58-/m0/s1. The van der Waals surface area contributed by atoms with E-state index in [-0.39, 0.29) is 63.3 Å². The lowest BCUT2D eigenvalue weighted by Crippen LogP contribution is -2.65. The van der Waals surface area contributed by atoms with Crippen LogP contribution in [-0.4, -0.2) is 251 Å². The molecular weight excluding hydrogens is 1270 g/mol. The number of carbonyl (C=O) groups is 12. The van der Waals surface area contributed by atoms with Crippen molar-refractivity contribution < 1.29 is 70.7 Å². The molecular formula is C68H104ClF3N12O12.